The summed E-state index contributed by atoms with van der Waals surface area (Å²) in [4.78, 5) is 15.1. The van der Waals surface area contributed by atoms with Gasteiger partial charge in [-0.2, -0.15) is 0 Å². The summed E-state index contributed by atoms with van der Waals surface area (Å²) in [6.07, 6.45) is 2.05. The lowest BCUT2D eigenvalue weighted by Crippen LogP contribution is -2.03. The smallest absolute Gasteiger partial charge is 0.164 e. The monoisotopic (exact) mass is 591 g/mol. The van der Waals surface area contributed by atoms with E-state index in [1.54, 1.807) is 0 Å². The molecule has 7 aromatic rings. The number of hydrogen-bond donors (Lipinski definition) is 0. The van der Waals surface area contributed by atoms with Gasteiger partial charge in [-0.15, -0.1) is 0 Å². The first-order valence-electron chi connectivity index (χ1n) is 15.6. The Balaban J connectivity index is 1.51. The molecular formula is C43H33N3. The number of nitrogens with zero attached hydrogens (tertiary/aromatic N) is 3. The van der Waals surface area contributed by atoms with E-state index in [9.17, 15) is 0 Å². The number of aromatic nitrogens is 3. The van der Waals surface area contributed by atoms with Crippen LogP contribution in [0.1, 0.15) is 19.7 Å². The largest absolute Gasteiger partial charge is 0.209 e. The Kier molecular flexibility index (Phi) is 8.13. The Morgan fingerprint density at radius 1 is 0.391 bits per heavy atom. The second kappa shape index (κ2) is 13.0. The highest BCUT2D eigenvalue weighted by atomic mass is 15.0. The first-order valence-corrected chi connectivity index (χ1v) is 15.6. The van der Waals surface area contributed by atoms with Crippen molar-refractivity contribution >= 4 is 5.57 Å². The maximum Gasteiger partial charge on any atom is 0.164 e. The van der Waals surface area contributed by atoms with E-state index >= 15 is 0 Å². The minimum atomic E-state index is 0.643. The molecule has 3 nitrogen and oxygen atoms in total. The summed E-state index contributed by atoms with van der Waals surface area (Å²) in [7, 11) is 0. The molecule has 220 valence electrons. The average molecular weight is 592 g/mol. The molecule has 1 aromatic heterocycles. The normalized spacial score (nSPS) is 11.4. The molecule has 46 heavy (non-hydrogen) atoms. The molecule has 0 radical (unpaired) electrons. The fourth-order valence-electron chi connectivity index (χ4n) is 5.74. The molecule has 0 saturated carbocycles. The maximum absolute atomic E-state index is 5.13. The Bertz CT molecular complexity index is 2140. The van der Waals surface area contributed by atoms with Crippen LogP contribution in [0.5, 0.6) is 0 Å². The summed E-state index contributed by atoms with van der Waals surface area (Å²) in [5, 5.41) is 0. The number of rotatable bonds is 7. The van der Waals surface area contributed by atoms with Crippen LogP contribution in [0.25, 0.3) is 72.9 Å². The lowest BCUT2D eigenvalue weighted by Gasteiger charge is -2.18. The zero-order chi connectivity index (χ0) is 31.3. The van der Waals surface area contributed by atoms with Gasteiger partial charge in [-0.3, -0.25) is 0 Å². The van der Waals surface area contributed by atoms with E-state index in [4.69, 9.17) is 15.0 Å². The number of benzene rings is 6. The molecule has 7 rings (SSSR count). The second-order valence-electron chi connectivity index (χ2n) is 11.3. The topological polar surface area (TPSA) is 38.7 Å². The second-order valence-corrected chi connectivity index (χ2v) is 11.3. The zero-order valence-electron chi connectivity index (χ0n) is 25.9. The fourth-order valence-corrected chi connectivity index (χ4v) is 5.74. The van der Waals surface area contributed by atoms with E-state index < -0.39 is 0 Å². The lowest BCUT2D eigenvalue weighted by atomic mass is 9.87. The Morgan fingerprint density at radius 3 is 1.35 bits per heavy atom. The van der Waals surface area contributed by atoms with Gasteiger partial charge in [0.1, 0.15) is 0 Å². The van der Waals surface area contributed by atoms with E-state index in [2.05, 4.69) is 121 Å². The van der Waals surface area contributed by atoms with E-state index in [0.29, 0.717) is 17.5 Å². The molecule has 0 amide bonds. The Hall–Kier alpha value is -5.93. The van der Waals surface area contributed by atoms with Crippen molar-refractivity contribution in [2.24, 2.45) is 0 Å². The molecule has 0 saturated heterocycles. The van der Waals surface area contributed by atoms with Crippen LogP contribution in [0.3, 0.4) is 0 Å². The van der Waals surface area contributed by atoms with Crippen LogP contribution in [-0.2, 0) is 0 Å². The van der Waals surface area contributed by atoms with Gasteiger partial charge in [0.15, 0.2) is 17.5 Å². The minimum absolute atomic E-state index is 0.643. The summed E-state index contributed by atoms with van der Waals surface area (Å²) in [6.45, 7) is 4.06. The van der Waals surface area contributed by atoms with Crippen molar-refractivity contribution in [3.8, 4) is 67.3 Å². The molecule has 0 aliphatic heterocycles. The third kappa shape index (κ3) is 5.91. The van der Waals surface area contributed by atoms with Crippen LogP contribution in [0.4, 0.5) is 0 Å². The van der Waals surface area contributed by atoms with Gasteiger partial charge in [-0.1, -0.05) is 152 Å². The van der Waals surface area contributed by atoms with Gasteiger partial charge < -0.3 is 0 Å². The highest BCUT2D eigenvalue weighted by molar-refractivity contribution is 5.94. The van der Waals surface area contributed by atoms with Crippen molar-refractivity contribution < 1.29 is 0 Å². The maximum atomic E-state index is 5.13. The highest BCUT2D eigenvalue weighted by Gasteiger charge is 2.19. The van der Waals surface area contributed by atoms with Gasteiger partial charge in [0, 0.05) is 11.1 Å². The third-order valence-electron chi connectivity index (χ3n) is 8.32. The quantitative estimate of drug-likeness (QED) is 0.185. The van der Waals surface area contributed by atoms with Crippen LogP contribution in [0, 0.1) is 0 Å². The highest BCUT2D eigenvalue weighted by Crippen LogP contribution is 2.41. The third-order valence-corrected chi connectivity index (χ3v) is 8.32. The van der Waals surface area contributed by atoms with Gasteiger partial charge in [0.05, 0.1) is 0 Å². The zero-order valence-corrected chi connectivity index (χ0v) is 25.9. The number of allylic oxidation sites excluding steroid dienone is 2. The molecule has 1 heterocycles. The van der Waals surface area contributed by atoms with Gasteiger partial charge in [0.25, 0.3) is 0 Å². The Morgan fingerprint density at radius 2 is 0.826 bits per heavy atom. The van der Waals surface area contributed by atoms with Gasteiger partial charge in [-0.25, -0.2) is 15.0 Å². The van der Waals surface area contributed by atoms with E-state index in [1.165, 1.54) is 11.1 Å². The molecule has 0 unspecified atom stereocenters. The first kappa shape index (κ1) is 28.8. The van der Waals surface area contributed by atoms with Crippen LogP contribution < -0.4 is 0 Å². The van der Waals surface area contributed by atoms with Crippen molar-refractivity contribution in [2.45, 2.75) is 13.8 Å². The molecule has 0 N–H and O–H groups in total. The minimum Gasteiger partial charge on any atom is -0.209 e. The summed E-state index contributed by atoms with van der Waals surface area (Å²) in [6, 6.07) is 55.1. The fraction of sp³-hybridized carbons (Fsp3) is 0.0465. The molecule has 6 aromatic carbocycles. The van der Waals surface area contributed by atoms with Crippen LogP contribution in [-0.4, -0.2) is 15.0 Å². The number of hydrogen-bond acceptors (Lipinski definition) is 3. The molecule has 0 aliphatic carbocycles. The molecule has 0 spiro atoms. The molecule has 3 heteroatoms. The van der Waals surface area contributed by atoms with E-state index in [1.807, 2.05) is 56.3 Å². The summed E-state index contributed by atoms with van der Waals surface area (Å²) >= 11 is 0. The summed E-state index contributed by atoms with van der Waals surface area (Å²) in [5.74, 6) is 1.97. The molecule has 0 atom stereocenters. The Labute approximate surface area is 270 Å². The predicted molar refractivity (Wildman–Crippen MR) is 192 cm³/mol. The summed E-state index contributed by atoms with van der Waals surface area (Å²) < 4.78 is 0. The molecular weight excluding hydrogens is 558 g/mol. The first-order chi connectivity index (χ1) is 22.7. The standard InChI is InChI=1S/C43H33N3/c1-3-30(2)41-44-42(34-22-14-7-15-23-34)46-43(45-41)40-29-36(32-18-10-5-11-19-32)25-27-38(40)37-26-24-35(31-16-8-4-9-17-31)28-39(37)33-20-12-6-13-21-33/h3-29H,1-2H3/b30-3+. The lowest BCUT2D eigenvalue weighted by molar-refractivity contribution is 1.03. The van der Waals surface area contributed by atoms with E-state index in [0.717, 1.165) is 50.1 Å². The SMILES string of the molecule is C/C=C(\C)c1nc(-c2ccccc2)nc(-c2cc(-c3ccccc3)ccc2-c2ccc(-c3ccccc3)cc2-c2ccccc2)n1. The summed E-state index contributed by atoms with van der Waals surface area (Å²) in [5.41, 5.74) is 12.0. The van der Waals surface area contributed by atoms with E-state index in [-0.39, 0.29) is 0 Å². The predicted octanol–water partition coefficient (Wildman–Crippen LogP) is 11.3. The van der Waals surface area contributed by atoms with Gasteiger partial charge >= 0.3 is 0 Å². The van der Waals surface area contributed by atoms with Crippen molar-refractivity contribution in [3.05, 3.63) is 170 Å². The van der Waals surface area contributed by atoms with Crippen molar-refractivity contribution in [2.75, 3.05) is 0 Å². The molecule has 0 bridgehead atoms. The molecule has 0 aliphatic rings. The van der Waals surface area contributed by atoms with Crippen LogP contribution in [0.2, 0.25) is 0 Å². The van der Waals surface area contributed by atoms with Crippen molar-refractivity contribution in [1.29, 1.82) is 0 Å². The van der Waals surface area contributed by atoms with Crippen molar-refractivity contribution in [1.82, 2.24) is 15.0 Å². The molecule has 0 fully saturated rings. The van der Waals surface area contributed by atoms with Gasteiger partial charge in [-0.05, 0) is 76.1 Å². The van der Waals surface area contributed by atoms with Crippen LogP contribution >= 0.6 is 0 Å². The van der Waals surface area contributed by atoms with Crippen molar-refractivity contribution in [3.63, 3.8) is 0 Å². The average Bonchev–Trinajstić information content (AvgIpc) is 3.15. The van der Waals surface area contributed by atoms with Crippen LogP contribution in [0.15, 0.2) is 164 Å². The van der Waals surface area contributed by atoms with Gasteiger partial charge in [0.2, 0.25) is 0 Å².